The summed E-state index contributed by atoms with van der Waals surface area (Å²) in [5, 5.41) is 9.45. The summed E-state index contributed by atoms with van der Waals surface area (Å²) in [6.45, 7) is 3.93. The van der Waals surface area contributed by atoms with Crippen LogP contribution < -0.4 is 4.74 Å². The van der Waals surface area contributed by atoms with Crippen molar-refractivity contribution in [3.8, 4) is 5.75 Å². The van der Waals surface area contributed by atoms with Crippen LogP contribution in [0.4, 0.5) is 0 Å². The average molecular weight is 276 g/mol. The Hall–Kier alpha value is -1.81. The van der Waals surface area contributed by atoms with E-state index in [1.54, 1.807) is 24.3 Å². The minimum atomic E-state index is -0.369. The van der Waals surface area contributed by atoms with Crippen molar-refractivity contribution in [2.75, 3.05) is 6.61 Å². The topological polar surface area (TPSA) is 55.8 Å². The molecule has 0 unspecified atom stereocenters. The van der Waals surface area contributed by atoms with Crippen molar-refractivity contribution >= 4 is 5.97 Å². The van der Waals surface area contributed by atoms with Gasteiger partial charge < -0.3 is 14.6 Å². The maximum absolute atomic E-state index is 12.2. The molecule has 1 N–H and O–H groups in total. The van der Waals surface area contributed by atoms with Gasteiger partial charge in [-0.15, -0.1) is 0 Å². The number of aliphatic hydroxyl groups is 1. The first-order chi connectivity index (χ1) is 9.70. The Morgan fingerprint density at radius 2 is 2.00 bits per heavy atom. The SMILES string of the molecule is C=CCOc1ccccc1C(=O)OC1CCC(O)CC1. The highest BCUT2D eigenvalue weighted by molar-refractivity contribution is 5.92. The number of aliphatic hydroxyl groups excluding tert-OH is 1. The Balaban J connectivity index is 1.99. The number of esters is 1. The lowest BCUT2D eigenvalue weighted by atomic mass is 9.95. The number of hydrogen-bond donors (Lipinski definition) is 1. The fourth-order valence-corrected chi connectivity index (χ4v) is 2.29. The molecule has 0 radical (unpaired) electrons. The molecule has 0 bridgehead atoms. The molecule has 0 spiro atoms. The summed E-state index contributed by atoms with van der Waals surface area (Å²) in [4.78, 5) is 12.2. The molecule has 1 aromatic carbocycles. The molecule has 20 heavy (non-hydrogen) atoms. The number of para-hydroxylation sites is 1. The highest BCUT2D eigenvalue weighted by atomic mass is 16.5. The third kappa shape index (κ3) is 3.84. The van der Waals surface area contributed by atoms with Gasteiger partial charge in [0.15, 0.2) is 0 Å². The van der Waals surface area contributed by atoms with Crippen LogP contribution in [-0.4, -0.2) is 29.9 Å². The Morgan fingerprint density at radius 1 is 1.30 bits per heavy atom. The summed E-state index contributed by atoms with van der Waals surface area (Å²) in [6.07, 6.45) is 4.06. The molecule has 4 nitrogen and oxygen atoms in total. The van der Waals surface area contributed by atoms with E-state index in [0.717, 1.165) is 0 Å². The molecule has 0 aliphatic heterocycles. The molecule has 1 aliphatic rings. The molecular formula is C16H20O4. The lowest BCUT2D eigenvalue weighted by molar-refractivity contribution is 0.00432. The summed E-state index contributed by atoms with van der Waals surface area (Å²) in [7, 11) is 0. The van der Waals surface area contributed by atoms with Gasteiger partial charge in [-0.3, -0.25) is 0 Å². The summed E-state index contributed by atoms with van der Waals surface area (Å²) in [5.41, 5.74) is 0.431. The molecule has 0 heterocycles. The van der Waals surface area contributed by atoms with Crippen molar-refractivity contribution in [1.29, 1.82) is 0 Å². The van der Waals surface area contributed by atoms with Crippen LogP contribution in [0.1, 0.15) is 36.0 Å². The van der Waals surface area contributed by atoms with E-state index in [0.29, 0.717) is 43.6 Å². The van der Waals surface area contributed by atoms with Crippen LogP contribution in [0, 0.1) is 0 Å². The van der Waals surface area contributed by atoms with Gasteiger partial charge in [0.2, 0.25) is 0 Å². The molecule has 0 aromatic heterocycles. The molecule has 2 rings (SSSR count). The van der Waals surface area contributed by atoms with Crippen molar-refractivity contribution in [3.05, 3.63) is 42.5 Å². The van der Waals surface area contributed by atoms with Crippen LogP contribution in [0.3, 0.4) is 0 Å². The lowest BCUT2D eigenvalue weighted by Crippen LogP contribution is -2.26. The minimum Gasteiger partial charge on any atom is -0.489 e. The number of hydrogen-bond acceptors (Lipinski definition) is 4. The maximum Gasteiger partial charge on any atom is 0.342 e. The largest absolute Gasteiger partial charge is 0.489 e. The Labute approximate surface area is 119 Å². The predicted molar refractivity (Wildman–Crippen MR) is 75.8 cm³/mol. The van der Waals surface area contributed by atoms with E-state index in [2.05, 4.69) is 6.58 Å². The summed E-state index contributed by atoms with van der Waals surface area (Å²) in [5.74, 6) is 0.138. The van der Waals surface area contributed by atoms with Crippen LogP contribution in [0.15, 0.2) is 36.9 Å². The fraction of sp³-hybridized carbons (Fsp3) is 0.438. The van der Waals surface area contributed by atoms with Crippen molar-refractivity contribution < 1.29 is 19.4 Å². The highest BCUT2D eigenvalue weighted by Crippen LogP contribution is 2.24. The summed E-state index contributed by atoms with van der Waals surface area (Å²) < 4.78 is 10.9. The van der Waals surface area contributed by atoms with Crippen molar-refractivity contribution in [2.24, 2.45) is 0 Å². The first-order valence-corrected chi connectivity index (χ1v) is 6.92. The van der Waals surface area contributed by atoms with Gasteiger partial charge in [-0.25, -0.2) is 4.79 Å². The van der Waals surface area contributed by atoms with E-state index in [9.17, 15) is 9.90 Å². The molecular weight excluding hydrogens is 256 g/mol. The molecule has 1 aliphatic carbocycles. The predicted octanol–water partition coefficient (Wildman–Crippen LogP) is 2.71. The van der Waals surface area contributed by atoms with E-state index in [4.69, 9.17) is 9.47 Å². The molecule has 4 heteroatoms. The first-order valence-electron chi connectivity index (χ1n) is 6.92. The van der Waals surface area contributed by atoms with Crippen molar-refractivity contribution in [3.63, 3.8) is 0 Å². The number of rotatable bonds is 5. The van der Waals surface area contributed by atoms with Gasteiger partial charge in [0, 0.05) is 0 Å². The number of carbonyl (C=O) groups excluding carboxylic acids is 1. The van der Waals surface area contributed by atoms with Crippen LogP contribution in [0.2, 0.25) is 0 Å². The van der Waals surface area contributed by atoms with Crippen molar-refractivity contribution in [2.45, 2.75) is 37.9 Å². The van der Waals surface area contributed by atoms with Gasteiger partial charge in [0.1, 0.15) is 24.0 Å². The van der Waals surface area contributed by atoms with E-state index >= 15 is 0 Å². The summed E-state index contributed by atoms with van der Waals surface area (Å²) >= 11 is 0. The fourth-order valence-electron chi connectivity index (χ4n) is 2.29. The Kier molecular flexibility index (Phi) is 5.18. The molecule has 0 atom stereocenters. The zero-order valence-electron chi connectivity index (χ0n) is 11.5. The van der Waals surface area contributed by atoms with Gasteiger partial charge in [-0.2, -0.15) is 0 Å². The third-order valence-electron chi connectivity index (χ3n) is 3.38. The molecule has 1 aromatic rings. The second kappa shape index (κ2) is 7.10. The van der Waals surface area contributed by atoms with Crippen LogP contribution in [-0.2, 0) is 4.74 Å². The Bertz CT molecular complexity index is 461. The minimum absolute atomic E-state index is 0.113. The van der Waals surface area contributed by atoms with E-state index < -0.39 is 0 Å². The maximum atomic E-state index is 12.2. The van der Waals surface area contributed by atoms with E-state index in [-0.39, 0.29) is 18.2 Å². The lowest BCUT2D eigenvalue weighted by Gasteiger charge is -2.25. The van der Waals surface area contributed by atoms with Crippen LogP contribution in [0.25, 0.3) is 0 Å². The van der Waals surface area contributed by atoms with Crippen LogP contribution in [0.5, 0.6) is 5.75 Å². The number of carbonyl (C=O) groups is 1. The summed E-state index contributed by atoms with van der Waals surface area (Å²) in [6, 6.07) is 7.03. The van der Waals surface area contributed by atoms with Gasteiger partial charge in [0.05, 0.1) is 6.10 Å². The molecule has 1 saturated carbocycles. The smallest absolute Gasteiger partial charge is 0.342 e. The monoisotopic (exact) mass is 276 g/mol. The van der Waals surface area contributed by atoms with E-state index in [1.807, 2.05) is 6.07 Å². The molecule has 1 fully saturated rings. The van der Waals surface area contributed by atoms with Crippen molar-refractivity contribution in [1.82, 2.24) is 0 Å². The molecule has 0 amide bonds. The second-order valence-electron chi connectivity index (χ2n) is 4.93. The zero-order valence-corrected chi connectivity index (χ0v) is 11.5. The molecule has 108 valence electrons. The van der Waals surface area contributed by atoms with Gasteiger partial charge in [0.25, 0.3) is 0 Å². The van der Waals surface area contributed by atoms with Gasteiger partial charge in [-0.05, 0) is 37.8 Å². The third-order valence-corrected chi connectivity index (χ3v) is 3.38. The average Bonchev–Trinajstić information content (AvgIpc) is 2.47. The second-order valence-corrected chi connectivity index (χ2v) is 4.93. The van der Waals surface area contributed by atoms with Gasteiger partial charge >= 0.3 is 5.97 Å². The normalized spacial score (nSPS) is 22.1. The number of ether oxygens (including phenoxy) is 2. The quantitative estimate of drug-likeness (QED) is 0.663. The first kappa shape index (κ1) is 14.6. The zero-order chi connectivity index (χ0) is 14.4. The van der Waals surface area contributed by atoms with E-state index in [1.165, 1.54) is 0 Å². The standard InChI is InChI=1S/C16H20O4/c1-2-11-19-15-6-4-3-5-14(15)16(18)20-13-9-7-12(17)8-10-13/h2-6,12-13,17H,1,7-11H2. The molecule has 0 saturated heterocycles. The Morgan fingerprint density at radius 3 is 2.70 bits per heavy atom. The highest BCUT2D eigenvalue weighted by Gasteiger charge is 2.24. The number of benzene rings is 1. The van der Waals surface area contributed by atoms with Crippen LogP contribution >= 0.6 is 0 Å². The van der Waals surface area contributed by atoms with Gasteiger partial charge in [-0.1, -0.05) is 24.8 Å².